The van der Waals surface area contributed by atoms with E-state index in [2.05, 4.69) is 40.7 Å². The van der Waals surface area contributed by atoms with Crippen LogP contribution >= 0.6 is 0 Å². The van der Waals surface area contributed by atoms with Crippen molar-refractivity contribution in [1.82, 2.24) is 0 Å². The SMILES string of the molecule is CC(C)CCC[C@@H](C)[C@H]1CC(O)C2(CO)C3=CCC4CC(O)CC[C@]4(C)[C@H]3CC[C@]12C. The summed E-state index contributed by atoms with van der Waals surface area (Å²) in [5.41, 5.74) is 1.09. The molecule has 0 aromatic carbocycles. The molecule has 4 rings (SSSR count). The Kier molecular flexibility index (Phi) is 6.47. The lowest BCUT2D eigenvalue weighted by molar-refractivity contribution is -0.108. The van der Waals surface area contributed by atoms with E-state index in [1.54, 1.807) is 0 Å². The van der Waals surface area contributed by atoms with Crippen LogP contribution in [0.5, 0.6) is 0 Å². The fourth-order valence-electron chi connectivity index (χ4n) is 9.04. The fraction of sp³-hybridized carbons (Fsp3) is 0.929. The van der Waals surface area contributed by atoms with Crippen molar-refractivity contribution in [3.63, 3.8) is 0 Å². The molecule has 0 heterocycles. The van der Waals surface area contributed by atoms with E-state index in [0.717, 1.165) is 44.4 Å². The molecular formula is C28H48O3. The lowest BCUT2D eigenvalue weighted by Gasteiger charge is -2.62. The third-order valence-corrected chi connectivity index (χ3v) is 11.0. The molecule has 0 amide bonds. The average molecular weight is 433 g/mol. The number of aliphatic hydroxyl groups is 3. The Morgan fingerprint density at radius 1 is 1.03 bits per heavy atom. The molecule has 0 aromatic heterocycles. The van der Waals surface area contributed by atoms with E-state index in [9.17, 15) is 15.3 Å². The summed E-state index contributed by atoms with van der Waals surface area (Å²) in [5, 5.41) is 32.8. The zero-order valence-corrected chi connectivity index (χ0v) is 20.7. The summed E-state index contributed by atoms with van der Waals surface area (Å²) in [5.74, 6) is 2.79. The molecule has 4 aliphatic carbocycles. The molecule has 0 radical (unpaired) electrons. The largest absolute Gasteiger partial charge is 0.395 e. The number of rotatable bonds is 6. The maximum atomic E-state index is 11.6. The zero-order valence-electron chi connectivity index (χ0n) is 20.7. The molecule has 0 bridgehead atoms. The van der Waals surface area contributed by atoms with Crippen LogP contribution in [0.2, 0.25) is 0 Å². The summed E-state index contributed by atoms with van der Waals surface area (Å²) < 4.78 is 0. The smallest absolute Gasteiger partial charge is 0.0664 e. The molecule has 0 saturated heterocycles. The van der Waals surface area contributed by atoms with Gasteiger partial charge in [-0.1, -0.05) is 65.5 Å². The molecule has 0 aromatic rings. The summed E-state index contributed by atoms with van der Waals surface area (Å²) >= 11 is 0. The molecule has 9 atom stereocenters. The first-order valence-electron chi connectivity index (χ1n) is 13.3. The molecule has 0 aliphatic heterocycles. The molecule has 0 spiro atoms. The minimum Gasteiger partial charge on any atom is -0.395 e. The van der Waals surface area contributed by atoms with Gasteiger partial charge in [0.05, 0.1) is 18.8 Å². The van der Waals surface area contributed by atoms with Gasteiger partial charge in [0.2, 0.25) is 0 Å². The van der Waals surface area contributed by atoms with Crippen molar-refractivity contribution in [3.05, 3.63) is 11.6 Å². The fourth-order valence-corrected chi connectivity index (χ4v) is 9.04. The van der Waals surface area contributed by atoms with Gasteiger partial charge in [0, 0.05) is 5.41 Å². The quantitative estimate of drug-likeness (QED) is 0.470. The van der Waals surface area contributed by atoms with Crippen LogP contribution in [0.4, 0.5) is 0 Å². The number of aliphatic hydroxyl groups excluding tert-OH is 3. The Morgan fingerprint density at radius 3 is 2.45 bits per heavy atom. The Bertz CT molecular complexity index is 686. The summed E-state index contributed by atoms with van der Waals surface area (Å²) in [6.07, 6.45) is 12.6. The van der Waals surface area contributed by atoms with Gasteiger partial charge < -0.3 is 15.3 Å². The van der Waals surface area contributed by atoms with Crippen molar-refractivity contribution >= 4 is 0 Å². The standard InChI is InChI=1S/C28H48O3/c1-18(2)7-6-8-19(3)24-16-25(31)28(17-29)23-10-9-20-15-21(30)11-13-26(20,4)22(23)12-14-27(24,28)5/h10,18-22,24-25,29-31H,6-9,11-17H2,1-5H3/t19-,20?,21?,22+,24-,25?,26+,27-,28?/m1/s1. The van der Waals surface area contributed by atoms with Crippen LogP contribution in [0.15, 0.2) is 11.6 Å². The highest BCUT2D eigenvalue weighted by atomic mass is 16.3. The first-order valence-corrected chi connectivity index (χ1v) is 13.3. The molecule has 178 valence electrons. The minimum absolute atomic E-state index is 0.0296. The van der Waals surface area contributed by atoms with E-state index in [1.165, 1.54) is 31.3 Å². The van der Waals surface area contributed by atoms with Gasteiger partial charge in [0.25, 0.3) is 0 Å². The Hall–Kier alpha value is -0.380. The number of fused-ring (bicyclic) bond motifs is 5. The second kappa shape index (κ2) is 8.44. The van der Waals surface area contributed by atoms with Crippen LogP contribution in [-0.4, -0.2) is 34.1 Å². The van der Waals surface area contributed by atoms with Crippen molar-refractivity contribution in [3.8, 4) is 0 Å². The van der Waals surface area contributed by atoms with Gasteiger partial charge in [-0.15, -0.1) is 0 Å². The zero-order chi connectivity index (χ0) is 22.6. The first-order chi connectivity index (χ1) is 14.6. The third kappa shape index (κ3) is 3.48. The average Bonchev–Trinajstić information content (AvgIpc) is 2.95. The normalized spacial score (nSPS) is 48.0. The van der Waals surface area contributed by atoms with Crippen LogP contribution in [-0.2, 0) is 0 Å². The second-order valence-electron chi connectivity index (χ2n) is 12.8. The molecule has 3 fully saturated rings. The van der Waals surface area contributed by atoms with Crippen LogP contribution in [0, 0.1) is 45.8 Å². The van der Waals surface area contributed by atoms with Gasteiger partial charge in [-0.2, -0.15) is 0 Å². The van der Waals surface area contributed by atoms with E-state index >= 15 is 0 Å². The Morgan fingerprint density at radius 2 is 1.77 bits per heavy atom. The Balaban J connectivity index is 1.65. The molecule has 4 unspecified atom stereocenters. The van der Waals surface area contributed by atoms with Gasteiger partial charge >= 0.3 is 0 Å². The molecule has 4 aliphatic rings. The van der Waals surface area contributed by atoms with Gasteiger partial charge in [-0.25, -0.2) is 0 Å². The van der Waals surface area contributed by atoms with Crippen LogP contribution in [0.25, 0.3) is 0 Å². The van der Waals surface area contributed by atoms with E-state index in [-0.39, 0.29) is 23.5 Å². The van der Waals surface area contributed by atoms with Crippen LogP contribution < -0.4 is 0 Å². The maximum Gasteiger partial charge on any atom is 0.0664 e. The van der Waals surface area contributed by atoms with Crippen molar-refractivity contribution in [1.29, 1.82) is 0 Å². The van der Waals surface area contributed by atoms with Crippen LogP contribution in [0.1, 0.15) is 98.8 Å². The predicted molar refractivity (Wildman–Crippen MR) is 126 cm³/mol. The lowest BCUT2D eigenvalue weighted by atomic mass is 9.43. The monoisotopic (exact) mass is 432 g/mol. The summed E-state index contributed by atoms with van der Waals surface area (Å²) in [7, 11) is 0. The first kappa shape index (κ1) is 23.8. The highest BCUT2D eigenvalue weighted by molar-refractivity contribution is 5.35. The van der Waals surface area contributed by atoms with E-state index in [0.29, 0.717) is 23.7 Å². The molecule has 3 saturated carbocycles. The molecule has 3 heteroatoms. The van der Waals surface area contributed by atoms with Crippen molar-refractivity contribution in [2.24, 2.45) is 45.8 Å². The van der Waals surface area contributed by atoms with E-state index in [1.807, 2.05) is 0 Å². The Labute approximate surface area is 190 Å². The van der Waals surface area contributed by atoms with Gasteiger partial charge in [0.1, 0.15) is 0 Å². The molecular weight excluding hydrogens is 384 g/mol. The van der Waals surface area contributed by atoms with Crippen molar-refractivity contribution in [2.75, 3.05) is 6.61 Å². The lowest BCUT2D eigenvalue weighted by Crippen LogP contribution is -2.58. The summed E-state index contributed by atoms with van der Waals surface area (Å²) in [6, 6.07) is 0. The van der Waals surface area contributed by atoms with Crippen molar-refractivity contribution in [2.45, 2.75) is 111 Å². The van der Waals surface area contributed by atoms with Crippen molar-refractivity contribution < 1.29 is 15.3 Å². The highest BCUT2D eigenvalue weighted by Gasteiger charge is 2.68. The predicted octanol–water partition coefficient (Wildman–Crippen LogP) is 5.72. The van der Waals surface area contributed by atoms with Gasteiger partial charge in [-0.3, -0.25) is 0 Å². The topological polar surface area (TPSA) is 60.7 Å². The van der Waals surface area contributed by atoms with Gasteiger partial charge in [0.15, 0.2) is 0 Å². The summed E-state index contributed by atoms with van der Waals surface area (Å²) in [6.45, 7) is 11.9. The summed E-state index contributed by atoms with van der Waals surface area (Å²) in [4.78, 5) is 0. The maximum absolute atomic E-state index is 11.6. The minimum atomic E-state index is -0.475. The van der Waals surface area contributed by atoms with Gasteiger partial charge in [-0.05, 0) is 85.4 Å². The molecule has 3 N–H and O–H groups in total. The number of hydrogen-bond donors (Lipinski definition) is 3. The van der Waals surface area contributed by atoms with E-state index < -0.39 is 11.5 Å². The number of hydrogen-bond acceptors (Lipinski definition) is 3. The molecule has 3 nitrogen and oxygen atoms in total. The third-order valence-electron chi connectivity index (χ3n) is 11.0. The second-order valence-corrected chi connectivity index (χ2v) is 12.8. The van der Waals surface area contributed by atoms with Crippen LogP contribution in [0.3, 0.4) is 0 Å². The highest BCUT2D eigenvalue weighted by Crippen LogP contribution is 2.72. The number of allylic oxidation sites excluding steroid dienone is 1. The van der Waals surface area contributed by atoms with E-state index in [4.69, 9.17) is 0 Å². The molecule has 31 heavy (non-hydrogen) atoms.